The van der Waals surface area contributed by atoms with Crippen LogP contribution in [0.2, 0.25) is 0 Å². The lowest BCUT2D eigenvalue weighted by molar-refractivity contribution is -0.274. The number of carbonyl (C=O) groups excluding carboxylic acids is 2. The average Bonchev–Trinajstić information content (AvgIpc) is 2.61. The number of hydrogen-bond acceptors (Lipinski definition) is 4. The lowest BCUT2D eigenvalue weighted by Crippen LogP contribution is -2.57. The van der Waals surface area contributed by atoms with Gasteiger partial charge in [0.05, 0.1) is 6.54 Å². The van der Waals surface area contributed by atoms with E-state index >= 15 is 0 Å². The Bertz CT molecular complexity index is 663. The number of ether oxygens (including phenoxy) is 1. The molecule has 9 heteroatoms. The van der Waals surface area contributed by atoms with Crippen LogP contribution in [0.3, 0.4) is 0 Å². The molecule has 1 N–H and O–H groups in total. The minimum absolute atomic E-state index is 0.0184. The summed E-state index contributed by atoms with van der Waals surface area (Å²) in [6.45, 7) is 2.67. The van der Waals surface area contributed by atoms with Crippen molar-refractivity contribution in [2.24, 2.45) is 0 Å². The Morgan fingerprint density at radius 2 is 1.92 bits per heavy atom. The summed E-state index contributed by atoms with van der Waals surface area (Å²) in [5.74, 6) is -0.586. The fourth-order valence-electron chi connectivity index (χ4n) is 3.38. The quantitative estimate of drug-likeness (QED) is 0.877. The van der Waals surface area contributed by atoms with Gasteiger partial charge in [-0.15, -0.1) is 13.2 Å². The van der Waals surface area contributed by atoms with Gasteiger partial charge < -0.3 is 19.9 Å². The highest BCUT2D eigenvalue weighted by Gasteiger charge is 2.33. The van der Waals surface area contributed by atoms with E-state index in [9.17, 15) is 22.8 Å². The van der Waals surface area contributed by atoms with E-state index in [4.69, 9.17) is 0 Å². The normalized spacial score (nSPS) is 21.7. The van der Waals surface area contributed by atoms with Crippen molar-refractivity contribution in [2.75, 3.05) is 32.7 Å². The number of carbonyl (C=O) groups is 2. The molecule has 26 heavy (non-hydrogen) atoms. The standard InChI is InChI=1S/C17H20F3N3O3/c18-17(19,20)26-14-5-3-12(4-6-14)16(25)22-8-1-2-13(11-22)23-9-7-21-10-15(23)24/h3-6,13,21H,1-2,7-11H2. The monoisotopic (exact) mass is 371 g/mol. The number of halogens is 3. The van der Waals surface area contributed by atoms with Crippen LogP contribution in [0, 0.1) is 0 Å². The zero-order valence-electron chi connectivity index (χ0n) is 14.1. The molecular formula is C17H20F3N3O3. The molecule has 1 unspecified atom stereocenters. The van der Waals surface area contributed by atoms with Crippen molar-refractivity contribution in [3.05, 3.63) is 29.8 Å². The molecule has 2 aliphatic heterocycles. The lowest BCUT2D eigenvalue weighted by Gasteiger charge is -2.41. The second-order valence-electron chi connectivity index (χ2n) is 6.38. The summed E-state index contributed by atoms with van der Waals surface area (Å²) in [5.41, 5.74) is 0.298. The molecule has 3 rings (SSSR count). The third-order valence-corrected chi connectivity index (χ3v) is 4.59. The highest BCUT2D eigenvalue weighted by Crippen LogP contribution is 2.24. The van der Waals surface area contributed by atoms with Crippen molar-refractivity contribution < 1.29 is 27.5 Å². The van der Waals surface area contributed by atoms with Gasteiger partial charge in [-0.25, -0.2) is 0 Å². The van der Waals surface area contributed by atoms with Gasteiger partial charge in [0.2, 0.25) is 5.91 Å². The molecule has 0 saturated carbocycles. The van der Waals surface area contributed by atoms with Gasteiger partial charge in [-0.05, 0) is 37.1 Å². The number of benzene rings is 1. The molecule has 0 spiro atoms. The number of amides is 2. The van der Waals surface area contributed by atoms with Gasteiger partial charge in [-0.3, -0.25) is 9.59 Å². The summed E-state index contributed by atoms with van der Waals surface area (Å²) < 4.78 is 40.4. The van der Waals surface area contributed by atoms with Crippen LogP contribution in [0.1, 0.15) is 23.2 Å². The van der Waals surface area contributed by atoms with Gasteiger partial charge in [0.1, 0.15) is 5.75 Å². The molecule has 2 saturated heterocycles. The Hall–Kier alpha value is -2.29. The van der Waals surface area contributed by atoms with Gasteiger partial charge in [-0.2, -0.15) is 0 Å². The maximum absolute atomic E-state index is 12.7. The van der Waals surface area contributed by atoms with Gasteiger partial charge in [0.15, 0.2) is 0 Å². The minimum Gasteiger partial charge on any atom is -0.406 e. The first-order valence-corrected chi connectivity index (χ1v) is 8.49. The fourth-order valence-corrected chi connectivity index (χ4v) is 3.38. The summed E-state index contributed by atoms with van der Waals surface area (Å²) >= 11 is 0. The van der Waals surface area contributed by atoms with Gasteiger partial charge >= 0.3 is 6.36 Å². The first-order valence-electron chi connectivity index (χ1n) is 8.49. The number of hydrogen-bond donors (Lipinski definition) is 1. The number of nitrogens with zero attached hydrogens (tertiary/aromatic N) is 2. The molecule has 2 heterocycles. The van der Waals surface area contributed by atoms with Crippen LogP contribution in [-0.4, -0.2) is 66.7 Å². The maximum Gasteiger partial charge on any atom is 0.573 e. The third kappa shape index (κ3) is 4.46. The molecule has 2 fully saturated rings. The Kier molecular flexibility index (Phi) is 5.36. The summed E-state index contributed by atoms with van der Waals surface area (Å²) in [7, 11) is 0. The predicted octanol–water partition coefficient (Wildman–Crippen LogP) is 1.62. The molecule has 142 valence electrons. The zero-order chi connectivity index (χ0) is 18.7. The maximum atomic E-state index is 12.7. The second kappa shape index (κ2) is 7.53. The molecule has 0 aliphatic carbocycles. The van der Waals surface area contributed by atoms with Crippen molar-refractivity contribution in [2.45, 2.75) is 25.2 Å². The van der Waals surface area contributed by atoms with Gasteiger partial charge in [-0.1, -0.05) is 0 Å². The van der Waals surface area contributed by atoms with Crippen molar-refractivity contribution in [1.82, 2.24) is 15.1 Å². The van der Waals surface area contributed by atoms with Crippen molar-refractivity contribution in [3.8, 4) is 5.75 Å². The van der Waals surface area contributed by atoms with Crippen LogP contribution < -0.4 is 10.1 Å². The van der Waals surface area contributed by atoms with Crippen molar-refractivity contribution in [3.63, 3.8) is 0 Å². The summed E-state index contributed by atoms with van der Waals surface area (Å²) in [4.78, 5) is 28.2. The summed E-state index contributed by atoms with van der Waals surface area (Å²) in [6, 6.07) is 4.88. The van der Waals surface area contributed by atoms with E-state index in [0.717, 1.165) is 31.5 Å². The van der Waals surface area contributed by atoms with Gasteiger partial charge in [0, 0.05) is 37.8 Å². The number of piperidine rings is 1. The highest BCUT2D eigenvalue weighted by atomic mass is 19.4. The molecule has 1 aromatic carbocycles. The SMILES string of the molecule is O=C(c1ccc(OC(F)(F)F)cc1)N1CCCC(N2CCNCC2=O)C1. The van der Waals surface area contributed by atoms with Crippen LogP contribution in [-0.2, 0) is 4.79 Å². The van der Waals surface area contributed by atoms with E-state index < -0.39 is 6.36 Å². The van der Waals surface area contributed by atoms with E-state index in [2.05, 4.69) is 10.1 Å². The molecule has 0 aromatic heterocycles. The van der Waals surface area contributed by atoms with E-state index in [1.165, 1.54) is 12.1 Å². The second-order valence-corrected chi connectivity index (χ2v) is 6.38. The molecule has 1 aromatic rings. The molecule has 1 atom stereocenters. The van der Waals surface area contributed by atoms with E-state index in [0.29, 0.717) is 31.7 Å². The molecule has 0 bridgehead atoms. The third-order valence-electron chi connectivity index (χ3n) is 4.59. The van der Waals surface area contributed by atoms with E-state index in [1.807, 2.05) is 4.90 Å². The fraction of sp³-hybridized carbons (Fsp3) is 0.529. The Balaban J connectivity index is 1.64. The summed E-state index contributed by atoms with van der Waals surface area (Å²) in [6.07, 6.45) is -3.14. The van der Waals surface area contributed by atoms with Crippen molar-refractivity contribution >= 4 is 11.8 Å². The lowest BCUT2D eigenvalue weighted by atomic mass is 10.0. The number of rotatable bonds is 3. The van der Waals surface area contributed by atoms with Crippen LogP contribution in [0.4, 0.5) is 13.2 Å². The van der Waals surface area contributed by atoms with Crippen LogP contribution in [0.5, 0.6) is 5.75 Å². The highest BCUT2D eigenvalue weighted by molar-refractivity contribution is 5.94. The molecular weight excluding hydrogens is 351 g/mol. The van der Waals surface area contributed by atoms with Gasteiger partial charge in [0.25, 0.3) is 5.91 Å². The Morgan fingerprint density at radius 1 is 1.19 bits per heavy atom. The molecule has 2 aliphatic rings. The number of nitrogens with one attached hydrogen (secondary N) is 1. The van der Waals surface area contributed by atoms with Crippen LogP contribution in [0.15, 0.2) is 24.3 Å². The summed E-state index contributed by atoms with van der Waals surface area (Å²) in [5, 5.41) is 3.02. The first kappa shape index (κ1) is 18.5. The largest absolute Gasteiger partial charge is 0.573 e. The average molecular weight is 371 g/mol. The first-order chi connectivity index (χ1) is 12.3. The minimum atomic E-state index is -4.76. The molecule has 6 nitrogen and oxygen atoms in total. The Labute approximate surface area is 148 Å². The van der Waals surface area contributed by atoms with Crippen LogP contribution in [0.25, 0.3) is 0 Å². The molecule has 0 radical (unpaired) electrons. The number of piperazine rings is 1. The van der Waals surface area contributed by atoms with E-state index in [-0.39, 0.29) is 23.6 Å². The van der Waals surface area contributed by atoms with Crippen molar-refractivity contribution in [1.29, 1.82) is 0 Å². The predicted molar refractivity (Wildman–Crippen MR) is 86.6 cm³/mol. The number of alkyl halides is 3. The zero-order valence-corrected chi connectivity index (χ0v) is 14.1. The topological polar surface area (TPSA) is 61.9 Å². The van der Waals surface area contributed by atoms with Crippen LogP contribution >= 0.6 is 0 Å². The van der Waals surface area contributed by atoms with E-state index in [1.54, 1.807) is 4.90 Å². The number of likely N-dealkylation sites (tertiary alicyclic amines) is 1. The Morgan fingerprint density at radius 3 is 2.58 bits per heavy atom. The molecule has 2 amide bonds. The smallest absolute Gasteiger partial charge is 0.406 e.